The minimum atomic E-state index is -0.593. The fourth-order valence-corrected chi connectivity index (χ4v) is 3.86. The van der Waals surface area contributed by atoms with E-state index in [0.717, 1.165) is 0 Å². The van der Waals surface area contributed by atoms with Gasteiger partial charge in [-0.2, -0.15) is 0 Å². The van der Waals surface area contributed by atoms with Crippen LogP contribution in [0.1, 0.15) is 10.4 Å². The zero-order chi connectivity index (χ0) is 21.4. The Hall–Kier alpha value is -2.46. The Balaban J connectivity index is 2.25. The van der Waals surface area contributed by atoms with Gasteiger partial charge < -0.3 is 20.5 Å². The van der Waals surface area contributed by atoms with Crippen molar-refractivity contribution in [3.05, 3.63) is 40.2 Å². The molecule has 0 fully saturated rings. The van der Waals surface area contributed by atoms with Crippen molar-refractivity contribution in [2.45, 2.75) is 0 Å². The first-order valence-electron chi connectivity index (χ1n) is 8.61. The van der Waals surface area contributed by atoms with E-state index >= 15 is 0 Å². The van der Waals surface area contributed by atoms with E-state index < -0.39 is 17.8 Å². The molecule has 0 atom stereocenters. The van der Waals surface area contributed by atoms with E-state index in [-0.39, 0.29) is 18.7 Å². The van der Waals surface area contributed by atoms with Gasteiger partial charge in [-0.15, -0.1) is 11.3 Å². The number of thiophene rings is 1. The Morgan fingerprint density at radius 2 is 1.90 bits per heavy atom. The van der Waals surface area contributed by atoms with Crippen molar-refractivity contribution in [2.75, 3.05) is 45.8 Å². The number of hydrogen-bond donors (Lipinski definition) is 2. The first kappa shape index (κ1) is 22.8. The van der Waals surface area contributed by atoms with Crippen molar-refractivity contribution in [3.63, 3.8) is 0 Å². The molecule has 156 valence electrons. The highest BCUT2D eigenvalue weighted by Gasteiger charge is 2.24. The molecular weight excluding hydrogens is 418 g/mol. The van der Waals surface area contributed by atoms with Crippen molar-refractivity contribution >= 4 is 45.7 Å². The van der Waals surface area contributed by atoms with Gasteiger partial charge in [0.05, 0.1) is 26.8 Å². The fourth-order valence-electron chi connectivity index (χ4n) is 2.66. The summed E-state index contributed by atoms with van der Waals surface area (Å²) >= 11 is 7.45. The molecule has 0 aliphatic rings. The molecule has 2 aromatic rings. The summed E-state index contributed by atoms with van der Waals surface area (Å²) in [6.45, 7) is 0.512. The number of halogens is 1. The third-order valence-electron chi connectivity index (χ3n) is 3.96. The summed E-state index contributed by atoms with van der Waals surface area (Å²) in [6, 6.07) is 7.08. The topological polar surface area (TPSA) is 111 Å². The van der Waals surface area contributed by atoms with Gasteiger partial charge in [0.25, 0.3) is 0 Å². The van der Waals surface area contributed by atoms with E-state index in [1.807, 2.05) is 0 Å². The normalized spacial score (nSPS) is 10.8. The van der Waals surface area contributed by atoms with Crippen LogP contribution in [0.3, 0.4) is 0 Å². The molecule has 0 unspecified atom stereocenters. The van der Waals surface area contributed by atoms with Gasteiger partial charge >= 0.3 is 5.97 Å². The maximum Gasteiger partial charge on any atom is 0.341 e. The maximum absolute atomic E-state index is 12.5. The highest BCUT2D eigenvalue weighted by molar-refractivity contribution is 7.15. The van der Waals surface area contributed by atoms with Crippen molar-refractivity contribution in [2.24, 2.45) is 5.73 Å². The first-order chi connectivity index (χ1) is 13.9. The van der Waals surface area contributed by atoms with Crippen LogP contribution in [0.15, 0.2) is 29.6 Å². The Bertz CT molecular complexity index is 886. The smallest absolute Gasteiger partial charge is 0.341 e. The van der Waals surface area contributed by atoms with Crippen LogP contribution in [0.25, 0.3) is 11.1 Å². The van der Waals surface area contributed by atoms with E-state index in [9.17, 15) is 14.4 Å². The number of hydrogen-bond acceptors (Lipinski definition) is 7. The van der Waals surface area contributed by atoms with Crippen molar-refractivity contribution in [1.29, 1.82) is 0 Å². The number of nitrogens with zero attached hydrogens (tertiary/aromatic N) is 1. The molecule has 3 N–H and O–H groups in total. The molecule has 0 saturated heterocycles. The van der Waals surface area contributed by atoms with Crippen molar-refractivity contribution < 1.29 is 23.9 Å². The minimum absolute atomic E-state index is 0.0873. The van der Waals surface area contributed by atoms with Crippen LogP contribution in [-0.2, 0) is 19.1 Å². The Labute approximate surface area is 177 Å². The van der Waals surface area contributed by atoms with Gasteiger partial charge in [-0.3, -0.25) is 14.5 Å². The fraction of sp³-hybridized carbons (Fsp3) is 0.316. The molecule has 0 bridgehead atoms. The quantitative estimate of drug-likeness (QED) is 0.549. The second-order valence-corrected chi connectivity index (χ2v) is 7.33. The Morgan fingerprint density at radius 1 is 1.17 bits per heavy atom. The van der Waals surface area contributed by atoms with E-state index in [2.05, 4.69) is 5.32 Å². The molecule has 2 rings (SSSR count). The standard InChI is InChI=1S/C19H22ClN3O5S/c1-27-8-7-23(9-15(21)24)10-16(25)22-18-17(19(26)28-2)13(11-29-18)12-5-3-4-6-14(12)20/h3-6,11H,7-10H2,1-2H3,(H2,21,24)(H,22,25). The average molecular weight is 440 g/mol. The monoisotopic (exact) mass is 439 g/mol. The summed E-state index contributed by atoms with van der Waals surface area (Å²) in [5.41, 5.74) is 6.67. The number of nitrogens with two attached hydrogens (primary N) is 1. The molecular formula is C19H22ClN3O5S. The molecule has 0 aliphatic heterocycles. The molecule has 1 aromatic carbocycles. The molecule has 1 aromatic heterocycles. The molecule has 8 nitrogen and oxygen atoms in total. The highest BCUT2D eigenvalue weighted by atomic mass is 35.5. The second kappa shape index (κ2) is 10.9. The number of rotatable bonds is 10. The van der Waals surface area contributed by atoms with Gasteiger partial charge in [0, 0.05) is 35.2 Å². The molecule has 0 aliphatic carbocycles. The number of amides is 2. The minimum Gasteiger partial charge on any atom is -0.465 e. The lowest BCUT2D eigenvalue weighted by atomic mass is 10.0. The van der Waals surface area contributed by atoms with E-state index in [1.54, 1.807) is 34.5 Å². The Morgan fingerprint density at radius 3 is 2.52 bits per heavy atom. The van der Waals surface area contributed by atoms with Gasteiger partial charge in [0.2, 0.25) is 11.8 Å². The summed E-state index contributed by atoms with van der Waals surface area (Å²) in [4.78, 5) is 37.7. The van der Waals surface area contributed by atoms with Crippen LogP contribution in [0, 0.1) is 0 Å². The summed E-state index contributed by atoms with van der Waals surface area (Å²) in [5.74, 6) is -1.55. The second-order valence-electron chi connectivity index (χ2n) is 6.04. The van der Waals surface area contributed by atoms with Crippen LogP contribution in [0.5, 0.6) is 0 Å². The third-order valence-corrected chi connectivity index (χ3v) is 5.18. The SMILES string of the molecule is COCCN(CC(N)=O)CC(=O)Nc1scc(-c2ccccc2Cl)c1C(=O)OC. The van der Waals surface area contributed by atoms with E-state index in [1.165, 1.54) is 25.6 Å². The average Bonchev–Trinajstić information content (AvgIpc) is 3.08. The lowest BCUT2D eigenvalue weighted by Crippen LogP contribution is -2.40. The van der Waals surface area contributed by atoms with Crippen LogP contribution in [-0.4, -0.2) is 63.1 Å². The number of carbonyl (C=O) groups is 3. The van der Waals surface area contributed by atoms with Gasteiger partial charge in [0.1, 0.15) is 10.6 Å². The largest absolute Gasteiger partial charge is 0.465 e. The highest BCUT2D eigenvalue weighted by Crippen LogP contribution is 2.39. The summed E-state index contributed by atoms with van der Waals surface area (Å²) in [5, 5.41) is 5.26. The molecule has 29 heavy (non-hydrogen) atoms. The number of carbonyl (C=O) groups excluding carboxylic acids is 3. The predicted octanol–water partition coefficient (Wildman–Crippen LogP) is 2.23. The lowest BCUT2D eigenvalue weighted by molar-refractivity contribution is -0.121. The number of esters is 1. The summed E-state index contributed by atoms with van der Waals surface area (Å²) in [7, 11) is 2.79. The van der Waals surface area contributed by atoms with Crippen LogP contribution >= 0.6 is 22.9 Å². The third kappa shape index (κ3) is 6.26. The predicted molar refractivity (Wildman–Crippen MR) is 112 cm³/mol. The van der Waals surface area contributed by atoms with E-state index in [4.69, 9.17) is 26.8 Å². The van der Waals surface area contributed by atoms with Crippen molar-refractivity contribution in [1.82, 2.24) is 4.90 Å². The Kier molecular flexibility index (Phi) is 8.59. The molecule has 0 saturated carbocycles. The molecule has 10 heteroatoms. The molecule has 0 radical (unpaired) electrons. The van der Waals surface area contributed by atoms with Crippen molar-refractivity contribution in [3.8, 4) is 11.1 Å². The van der Waals surface area contributed by atoms with E-state index in [0.29, 0.717) is 34.3 Å². The number of nitrogens with one attached hydrogen (secondary N) is 1. The molecule has 1 heterocycles. The molecule has 2 amide bonds. The number of anilines is 1. The maximum atomic E-state index is 12.5. The number of ether oxygens (including phenoxy) is 2. The van der Waals surface area contributed by atoms with Crippen LogP contribution in [0.2, 0.25) is 5.02 Å². The molecule has 0 spiro atoms. The van der Waals surface area contributed by atoms with Gasteiger partial charge in [-0.05, 0) is 6.07 Å². The number of benzene rings is 1. The zero-order valence-corrected chi connectivity index (χ0v) is 17.6. The van der Waals surface area contributed by atoms with Crippen LogP contribution in [0.4, 0.5) is 5.00 Å². The first-order valence-corrected chi connectivity index (χ1v) is 9.87. The van der Waals surface area contributed by atoms with Gasteiger partial charge in [-0.25, -0.2) is 4.79 Å². The van der Waals surface area contributed by atoms with Crippen LogP contribution < -0.4 is 11.1 Å². The lowest BCUT2D eigenvalue weighted by Gasteiger charge is -2.19. The number of primary amides is 1. The van der Waals surface area contributed by atoms with Gasteiger partial charge in [-0.1, -0.05) is 29.8 Å². The summed E-state index contributed by atoms with van der Waals surface area (Å²) < 4.78 is 9.88. The zero-order valence-electron chi connectivity index (χ0n) is 16.1. The summed E-state index contributed by atoms with van der Waals surface area (Å²) in [6.07, 6.45) is 0. The van der Waals surface area contributed by atoms with Gasteiger partial charge in [0.15, 0.2) is 0 Å². The number of methoxy groups -OCH3 is 2.